The molecule has 0 spiro atoms. The SMILES string of the molecule is CC(C)Oc1cc2ncc(-c3cccc(NC4CCNC4)n3)n2cc1-c1cnn(C)c1. The van der Waals surface area contributed by atoms with Crippen LogP contribution in [0.2, 0.25) is 0 Å². The van der Waals surface area contributed by atoms with Crippen molar-refractivity contribution < 1.29 is 4.74 Å². The average Bonchev–Trinajstić information content (AvgIpc) is 3.48. The standard InChI is InChI=1S/C23H27N7O/c1-15(2)31-21-9-23-25-12-20(30(23)14-18(21)16-10-26-29(3)13-16)19-5-4-6-22(28-19)27-17-7-8-24-11-17/h4-6,9-10,12-15,17,24H,7-8,11H2,1-3H3,(H,27,28). The molecule has 0 aliphatic carbocycles. The number of ether oxygens (including phenoxy) is 1. The lowest BCUT2D eigenvalue weighted by molar-refractivity contribution is 0.243. The molecule has 0 radical (unpaired) electrons. The van der Waals surface area contributed by atoms with Crippen LogP contribution in [0.5, 0.6) is 5.75 Å². The lowest BCUT2D eigenvalue weighted by atomic mass is 10.1. The first-order chi connectivity index (χ1) is 15.1. The molecule has 1 aliphatic heterocycles. The van der Waals surface area contributed by atoms with Crippen molar-refractivity contribution in [2.24, 2.45) is 7.05 Å². The first-order valence-electron chi connectivity index (χ1n) is 10.7. The van der Waals surface area contributed by atoms with E-state index in [0.29, 0.717) is 6.04 Å². The van der Waals surface area contributed by atoms with Crippen molar-refractivity contribution in [3.05, 3.63) is 49.1 Å². The van der Waals surface area contributed by atoms with E-state index < -0.39 is 0 Å². The molecule has 8 nitrogen and oxygen atoms in total. The Morgan fingerprint density at radius 3 is 2.87 bits per heavy atom. The van der Waals surface area contributed by atoms with Gasteiger partial charge in [0.1, 0.15) is 17.2 Å². The fourth-order valence-corrected chi connectivity index (χ4v) is 3.97. The molecule has 8 heteroatoms. The number of aryl methyl sites for hydroxylation is 1. The largest absolute Gasteiger partial charge is 0.490 e. The summed E-state index contributed by atoms with van der Waals surface area (Å²) in [6.07, 6.45) is 8.93. The van der Waals surface area contributed by atoms with Gasteiger partial charge in [0.25, 0.3) is 0 Å². The van der Waals surface area contributed by atoms with E-state index in [0.717, 1.165) is 59.2 Å². The van der Waals surface area contributed by atoms with E-state index in [9.17, 15) is 0 Å². The van der Waals surface area contributed by atoms with E-state index in [1.807, 2.05) is 63.8 Å². The van der Waals surface area contributed by atoms with E-state index in [4.69, 9.17) is 9.72 Å². The molecule has 2 N–H and O–H groups in total. The van der Waals surface area contributed by atoms with Crippen molar-refractivity contribution in [1.29, 1.82) is 0 Å². The summed E-state index contributed by atoms with van der Waals surface area (Å²) in [4.78, 5) is 9.49. The second-order valence-electron chi connectivity index (χ2n) is 8.23. The smallest absolute Gasteiger partial charge is 0.140 e. The number of nitrogens with one attached hydrogen (secondary N) is 2. The topological polar surface area (TPSA) is 81.3 Å². The molecule has 160 valence electrons. The monoisotopic (exact) mass is 417 g/mol. The quantitative estimate of drug-likeness (QED) is 0.501. The van der Waals surface area contributed by atoms with Crippen LogP contribution in [-0.4, -0.2) is 49.4 Å². The molecule has 0 amide bonds. The molecule has 1 saturated heterocycles. The van der Waals surface area contributed by atoms with Crippen molar-refractivity contribution in [2.75, 3.05) is 18.4 Å². The van der Waals surface area contributed by atoms with Crippen LogP contribution in [0.3, 0.4) is 0 Å². The highest BCUT2D eigenvalue weighted by Gasteiger charge is 2.17. The highest BCUT2D eigenvalue weighted by atomic mass is 16.5. The molecule has 1 aliphatic rings. The maximum Gasteiger partial charge on any atom is 0.140 e. The van der Waals surface area contributed by atoms with Crippen LogP contribution >= 0.6 is 0 Å². The van der Waals surface area contributed by atoms with Gasteiger partial charge in [-0.3, -0.25) is 9.08 Å². The minimum absolute atomic E-state index is 0.0572. The van der Waals surface area contributed by atoms with Crippen molar-refractivity contribution in [1.82, 2.24) is 29.5 Å². The zero-order valence-electron chi connectivity index (χ0n) is 18.0. The predicted molar refractivity (Wildman–Crippen MR) is 121 cm³/mol. The van der Waals surface area contributed by atoms with Gasteiger partial charge in [0, 0.05) is 49.2 Å². The van der Waals surface area contributed by atoms with Crippen LogP contribution in [0.25, 0.3) is 28.2 Å². The third-order valence-electron chi connectivity index (χ3n) is 5.41. The normalized spacial score (nSPS) is 16.3. The third-order valence-corrected chi connectivity index (χ3v) is 5.41. The van der Waals surface area contributed by atoms with Crippen molar-refractivity contribution in [3.8, 4) is 28.3 Å². The second-order valence-corrected chi connectivity index (χ2v) is 8.23. The molecule has 4 aromatic rings. The molecule has 1 atom stereocenters. The van der Waals surface area contributed by atoms with Crippen LogP contribution in [0, 0.1) is 0 Å². The molecule has 1 fully saturated rings. The van der Waals surface area contributed by atoms with Crippen LogP contribution in [0.4, 0.5) is 5.82 Å². The second kappa shape index (κ2) is 8.03. The minimum Gasteiger partial charge on any atom is -0.490 e. The van der Waals surface area contributed by atoms with Crippen LogP contribution in [0.1, 0.15) is 20.3 Å². The Morgan fingerprint density at radius 1 is 1.23 bits per heavy atom. The lowest BCUT2D eigenvalue weighted by Gasteiger charge is -2.15. The summed E-state index contributed by atoms with van der Waals surface area (Å²) in [5.74, 6) is 1.68. The average molecular weight is 418 g/mol. The van der Waals surface area contributed by atoms with Crippen LogP contribution in [-0.2, 0) is 7.05 Å². The van der Waals surface area contributed by atoms with Gasteiger partial charge < -0.3 is 15.4 Å². The number of fused-ring (bicyclic) bond motifs is 1. The van der Waals surface area contributed by atoms with E-state index in [1.165, 1.54) is 0 Å². The Labute approximate surface area is 181 Å². The first-order valence-corrected chi connectivity index (χ1v) is 10.7. The Balaban J connectivity index is 1.57. The predicted octanol–water partition coefficient (Wildman–Crippen LogP) is 3.36. The van der Waals surface area contributed by atoms with Crippen LogP contribution in [0.15, 0.2) is 49.1 Å². The summed E-state index contributed by atoms with van der Waals surface area (Å²) < 4.78 is 9.97. The van der Waals surface area contributed by atoms with Crippen LogP contribution < -0.4 is 15.4 Å². The van der Waals surface area contributed by atoms with Gasteiger partial charge in [-0.05, 0) is 38.9 Å². The molecule has 1 unspecified atom stereocenters. The molecule has 4 aromatic heterocycles. The van der Waals surface area contributed by atoms with Crippen molar-refractivity contribution in [2.45, 2.75) is 32.4 Å². The zero-order chi connectivity index (χ0) is 21.4. The summed E-state index contributed by atoms with van der Waals surface area (Å²) >= 11 is 0. The number of imidazole rings is 1. The van der Waals surface area contributed by atoms with E-state index in [2.05, 4.69) is 31.3 Å². The summed E-state index contributed by atoms with van der Waals surface area (Å²) in [5.41, 5.74) is 4.60. The minimum atomic E-state index is 0.0572. The number of aromatic nitrogens is 5. The zero-order valence-corrected chi connectivity index (χ0v) is 18.0. The molecule has 31 heavy (non-hydrogen) atoms. The molecular weight excluding hydrogens is 390 g/mol. The van der Waals surface area contributed by atoms with E-state index in [-0.39, 0.29) is 6.10 Å². The summed E-state index contributed by atoms with van der Waals surface area (Å²) in [7, 11) is 1.91. The summed E-state index contributed by atoms with van der Waals surface area (Å²) in [6, 6.07) is 8.46. The summed E-state index contributed by atoms with van der Waals surface area (Å²) in [6.45, 7) is 6.06. The summed E-state index contributed by atoms with van der Waals surface area (Å²) in [5, 5.41) is 11.2. The number of rotatable bonds is 6. The van der Waals surface area contributed by atoms with Gasteiger partial charge in [-0.1, -0.05) is 6.07 Å². The highest BCUT2D eigenvalue weighted by molar-refractivity contribution is 5.73. The van der Waals surface area contributed by atoms with E-state index in [1.54, 1.807) is 4.68 Å². The highest BCUT2D eigenvalue weighted by Crippen LogP contribution is 2.33. The van der Waals surface area contributed by atoms with Gasteiger partial charge >= 0.3 is 0 Å². The first kappa shape index (κ1) is 19.6. The fourth-order valence-electron chi connectivity index (χ4n) is 3.97. The number of anilines is 1. The van der Waals surface area contributed by atoms with Gasteiger partial charge in [-0.2, -0.15) is 5.10 Å². The molecule has 0 aromatic carbocycles. The maximum atomic E-state index is 6.10. The number of hydrogen-bond acceptors (Lipinski definition) is 6. The van der Waals surface area contributed by atoms with Gasteiger partial charge in [-0.15, -0.1) is 0 Å². The molecule has 0 saturated carbocycles. The fraction of sp³-hybridized carbons (Fsp3) is 0.348. The van der Waals surface area contributed by atoms with Crippen molar-refractivity contribution >= 4 is 11.5 Å². The molecule has 0 bridgehead atoms. The lowest BCUT2D eigenvalue weighted by Crippen LogP contribution is -2.22. The Hall–Kier alpha value is -3.39. The Kier molecular flexibility index (Phi) is 5.07. The molecule has 5 rings (SSSR count). The van der Waals surface area contributed by atoms with Gasteiger partial charge in [0.15, 0.2) is 0 Å². The van der Waals surface area contributed by atoms with Gasteiger partial charge in [0.05, 0.1) is 29.9 Å². The maximum absolute atomic E-state index is 6.10. The molecular formula is C23H27N7O. The Morgan fingerprint density at radius 2 is 2.13 bits per heavy atom. The number of nitrogens with zero attached hydrogens (tertiary/aromatic N) is 5. The van der Waals surface area contributed by atoms with Gasteiger partial charge in [-0.25, -0.2) is 9.97 Å². The third kappa shape index (κ3) is 3.98. The van der Waals surface area contributed by atoms with Crippen molar-refractivity contribution in [3.63, 3.8) is 0 Å². The van der Waals surface area contributed by atoms with Gasteiger partial charge in [0.2, 0.25) is 0 Å². The van der Waals surface area contributed by atoms with E-state index >= 15 is 0 Å². The molecule has 5 heterocycles. The number of hydrogen-bond donors (Lipinski definition) is 2. The number of pyridine rings is 2. The Bertz CT molecular complexity index is 1200.